The van der Waals surface area contributed by atoms with Gasteiger partial charge in [0.25, 0.3) is 5.91 Å². The van der Waals surface area contributed by atoms with Gasteiger partial charge in [-0.3, -0.25) is 9.36 Å². The largest absolute Gasteiger partial charge is 0.288 e. The monoisotopic (exact) mass is 342 g/mol. The first-order valence-electron chi connectivity index (χ1n) is 7.14. The van der Waals surface area contributed by atoms with Gasteiger partial charge in [0.15, 0.2) is 4.80 Å². The highest BCUT2D eigenvalue weighted by atomic mass is 35.5. The van der Waals surface area contributed by atoms with Crippen LogP contribution in [0.25, 0.3) is 5.69 Å². The topological polar surface area (TPSA) is 34.4 Å². The van der Waals surface area contributed by atoms with Crippen molar-refractivity contribution >= 4 is 28.8 Å². The van der Waals surface area contributed by atoms with Crippen LogP contribution in [0.1, 0.15) is 21.6 Å². The average molecular weight is 343 g/mol. The van der Waals surface area contributed by atoms with Crippen LogP contribution in [-0.4, -0.2) is 10.5 Å². The molecule has 0 aliphatic carbocycles. The van der Waals surface area contributed by atoms with E-state index in [0.29, 0.717) is 15.4 Å². The zero-order chi connectivity index (χ0) is 16.4. The maximum atomic E-state index is 12.4. The molecule has 0 saturated heterocycles. The molecule has 116 valence electrons. The Kier molecular flexibility index (Phi) is 4.46. The fourth-order valence-electron chi connectivity index (χ4n) is 2.24. The molecule has 0 aliphatic rings. The van der Waals surface area contributed by atoms with Gasteiger partial charge in [-0.2, -0.15) is 4.99 Å². The zero-order valence-electron chi connectivity index (χ0n) is 12.8. The number of halogens is 1. The molecule has 5 heteroatoms. The van der Waals surface area contributed by atoms with Gasteiger partial charge in [0.2, 0.25) is 0 Å². The quantitative estimate of drug-likeness (QED) is 0.672. The summed E-state index contributed by atoms with van der Waals surface area (Å²) in [5.41, 5.74) is 3.49. The Hall–Kier alpha value is -2.17. The molecule has 0 aliphatic heterocycles. The van der Waals surface area contributed by atoms with Crippen molar-refractivity contribution in [2.75, 3.05) is 0 Å². The lowest BCUT2D eigenvalue weighted by Gasteiger charge is -2.07. The molecule has 0 fully saturated rings. The van der Waals surface area contributed by atoms with Crippen LogP contribution < -0.4 is 4.80 Å². The molecule has 0 spiro atoms. The minimum absolute atomic E-state index is 0.257. The van der Waals surface area contributed by atoms with Crippen LogP contribution >= 0.6 is 22.9 Å². The van der Waals surface area contributed by atoms with Crippen LogP contribution in [-0.2, 0) is 0 Å². The molecule has 3 rings (SSSR count). The van der Waals surface area contributed by atoms with Gasteiger partial charge in [0, 0.05) is 16.6 Å². The van der Waals surface area contributed by atoms with Crippen molar-refractivity contribution in [3.8, 4) is 5.69 Å². The van der Waals surface area contributed by atoms with Crippen LogP contribution in [0.2, 0.25) is 5.02 Å². The number of rotatable bonds is 2. The Balaban J connectivity index is 2.09. The third kappa shape index (κ3) is 3.28. The SMILES string of the molecule is Cc1ccc(C(=O)N=c2scc(C)n2-c2ccccc2Cl)cc1. The average Bonchev–Trinajstić information content (AvgIpc) is 2.89. The summed E-state index contributed by atoms with van der Waals surface area (Å²) in [6.07, 6.45) is 0. The highest BCUT2D eigenvalue weighted by Crippen LogP contribution is 2.20. The summed E-state index contributed by atoms with van der Waals surface area (Å²) in [6, 6.07) is 14.9. The maximum absolute atomic E-state index is 12.4. The third-order valence-corrected chi connectivity index (χ3v) is 4.73. The van der Waals surface area contributed by atoms with Crippen molar-refractivity contribution in [1.29, 1.82) is 0 Å². The van der Waals surface area contributed by atoms with E-state index < -0.39 is 0 Å². The molecule has 0 saturated carbocycles. The number of carbonyl (C=O) groups excluding carboxylic acids is 1. The van der Waals surface area contributed by atoms with E-state index in [4.69, 9.17) is 11.6 Å². The van der Waals surface area contributed by atoms with E-state index in [1.165, 1.54) is 11.3 Å². The van der Waals surface area contributed by atoms with Gasteiger partial charge in [-0.05, 0) is 38.1 Å². The molecule has 3 aromatic rings. The van der Waals surface area contributed by atoms with Crippen LogP contribution in [0.15, 0.2) is 58.9 Å². The molecular weight excluding hydrogens is 328 g/mol. The normalized spacial score (nSPS) is 11.7. The predicted octanol–water partition coefficient (Wildman–Crippen LogP) is 4.55. The van der Waals surface area contributed by atoms with E-state index in [9.17, 15) is 4.79 Å². The minimum Gasteiger partial charge on any atom is -0.288 e. The molecule has 3 nitrogen and oxygen atoms in total. The second kappa shape index (κ2) is 6.52. The molecule has 1 heterocycles. The lowest BCUT2D eigenvalue weighted by molar-refractivity contribution is 0.0998. The smallest absolute Gasteiger partial charge is 0.279 e. The second-order valence-corrected chi connectivity index (χ2v) is 6.47. The van der Waals surface area contributed by atoms with Crippen LogP contribution in [0, 0.1) is 13.8 Å². The number of aromatic nitrogens is 1. The Morgan fingerprint density at radius 2 is 1.78 bits per heavy atom. The lowest BCUT2D eigenvalue weighted by atomic mass is 10.1. The van der Waals surface area contributed by atoms with E-state index >= 15 is 0 Å². The number of carbonyl (C=O) groups is 1. The molecule has 2 aromatic carbocycles. The third-order valence-electron chi connectivity index (χ3n) is 3.47. The number of hydrogen-bond donors (Lipinski definition) is 0. The molecular formula is C18H15ClN2OS. The van der Waals surface area contributed by atoms with Gasteiger partial charge < -0.3 is 0 Å². The van der Waals surface area contributed by atoms with E-state index in [0.717, 1.165) is 16.9 Å². The summed E-state index contributed by atoms with van der Waals surface area (Å²) in [7, 11) is 0. The van der Waals surface area contributed by atoms with E-state index in [1.54, 1.807) is 12.1 Å². The fraction of sp³-hybridized carbons (Fsp3) is 0.111. The maximum Gasteiger partial charge on any atom is 0.279 e. The molecule has 0 radical (unpaired) electrons. The predicted molar refractivity (Wildman–Crippen MR) is 94.5 cm³/mol. The molecule has 1 aromatic heterocycles. The Morgan fingerprint density at radius 1 is 1.09 bits per heavy atom. The van der Waals surface area contributed by atoms with E-state index in [1.807, 2.05) is 60.2 Å². The Labute approximate surface area is 143 Å². The summed E-state index contributed by atoms with van der Waals surface area (Å²) in [4.78, 5) is 17.3. The van der Waals surface area contributed by atoms with Crippen LogP contribution in [0.5, 0.6) is 0 Å². The number of thiazole rings is 1. The van der Waals surface area contributed by atoms with Crippen molar-refractivity contribution in [3.05, 3.63) is 80.6 Å². The molecule has 0 N–H and O–H groups in total. The lowest BCUT2D eigenvalue weighted by Crippen LogP contribution is -2.17. The van der Waals surface area contributed by atoms with Crippen molar-refractivity contribution in [3.63, 3.8) is 0 Å². The van der Waals surface area contributed by atoms with E-state index in [2.05, 4.69) is 4.99 Å². The number of aryl methyl sites for hydroxylation is 2. The standard InChI is InChI=1S/C18H15ClN2OS/c1-12-7-9-14(10-8-12)17(22)20-18-21(13(2)11-23-18)16-6-4-3-5-15(16)19/h3-11H,1-2H3. The summed E-state index contributed by atoms with van der Waals surface area (Å²) in [5, 5.41) is 2.59. The van der Waals surface area contributed by atoms with Gasteiger partial charge in [0.05, 0.1) is 10.7 Å². The van der Waals surface area contributed by atoms with Crippen molar-refractivity contribution in [2.24, 2.45) is 4.99 Å². The van der Waals surface area contributed by atoms with Gasteiger partial charge in [-0.1, -0.05) is 41.4 Å². The van der Waals surface area contributed by atoms with Crippen molar-refractivity contribution in [1.82, 2.24) is 4.57 Å². The number of benzene rings is 2. The highest BCUT2D eigenvalue weighted by molar-refractivity contribution is 7.07. The first kappa shape index (κ1) is 15.7. The number of hydrogen-bond acceptors (Lipinski definition) is 2. The summed E-state index contributed by atoms with van der Waals surface area (Å²) in [5.74, 6) is -0.257. The fourth-order valence-corrected chi connectivity index (χ4v) is 3.33. The Morgan fingerprint density at radius 3 is 2.48 bits per heavy atom. The summed E-state index contributed by atoms with van der Waals surface area (Å²) in [6.45, 7) is 3.95. The number of para-hydroxylation sites is 1. The van der Waals surface area contributed by atoms with Gasteiger partial charge in [-0.25, -0.2) is 0 Å². The highest BCUT2D eigenvalue weighted by Gasteiger charge is 2.10. The van der Waals surface area contributed by atoms with Gasteiger partial charge >= 0.3 is 0 Å². The molecule has 0 unspecified atom stereocenters. The second-order valence-electron chi connectivity index (χ2n) is 5.23. The summed E-state index contributed by atoms with van der Waals surface area (Å²) >= 11 is 7.71. The molecule has 0 bridgehead atoms. The number of amides is 1. The van der Waals surface area contributed by atoms with Crippen molar-refractivity contribution < 1.29 is 4.79 Å². The summed E-state index contributed by atoms with van der Waals surface area (Å²) < 4.78 is 1.90. The van der Waals surface area contributed by atoms with Crippen LogP contribution in [0.4, 0.5) is 0 Å². The first-order valence-corrected chi connectivity index (χ1v) is 8.40. The van der Waals surface area contributed by atoms with Gasteiger partial charge in [-0.15, -0.1) is 11.3 Å². The van der Waals surface area contributed by atoms with E-state index in [-0.39, 0.29) is 5.91 Å². The van der Waals surface area contributed by atoms with Gasteiger partial charge in [0.1, 0.15) is 0 Å². The zero-order valence-corrected chi connectivity index (χ0v) is 14.4. The van der Waals surface area contributed by atoms with Crippen LogP contribution in [0.3, 0.4) is 0 Å². The van der Waals surface area contributed by atoms with Crippen molar-refractivity contribution in [2.45, 2.75) is 13.8 Å². The molecule has 23 heavy (non-hydrogen) atoms. The first-order chi connectivity index (χ1) is 11.1. The Bertz CT molecular complexity index is 923. The molecule has 1 amide bonds. The number of nitrogens with zero attached hydrogens (tertiary/aromatic N) is 2. The minimum atomic E-state index is -0.257. The molecule has 0 atom stereocenters.